The van der Waals surface area contributed by atoms with E-state index < -0.39 is 11.1 Å². The molecule has 0 spiro atoms. The van der Waals surface area contributed by atoms with Crippen LogP contribution in [0.2, 0.25) is 0 Å². The Morgan fingerprint density at radius 1 is 1.22 bits per heavy atom. The van der Waals surface area contributed by atoms with Crippen molar-refractivity contribution in [2.75, 3.05) is 0 Å². The second-order valence-electron chi connectivity index (χ2n) is 5.33. The van der Waals surface area contributed by atoms with Crippen LogP contribution in [0.5, 0.6) is 0 Å². The normalized spacial score (nSPS) is 11.8. The minimum Gasteiger partial charge on any atom is -0.388 e. The first-order valence-electron chi connectivity index (χ1n) is 5.72. The standard InChI is InChI=1S/C14H18N2O2/c1-13(2,14(3,4)18)16-12(17)11-7-5-10(9-15)6-8-11/h5-8,18H,1-4H3,(H,16,17). The maximum absolute atomic E-state index is 12.0. The van der Waals surface area contributed by atoms with E-state index in [1.54, 1.807) is 52.0 Å². The SMILES string of the molecule is CC(C)(O)C(C)(C)NC(=O)c1ccc(C#N)cc1. The van der Waals surface area contributed by atoms with E-state index in [4.69, 9.17) is 5.26 Å². The number of nitrogens with one attached hydrogen (secondary N) is 1. The second-order valence-corrected chi connectivity index (χ2v) is 5.33. The van der Waals surface area contributed by atoms with Crippen LogP contribution in [-0.4, -0.2) is 22.2 Å². The van der Waals surface area contributed by atoms with Gasteiger partial charge in [-0.3, -0.25) is 4.79 Å². The van der Waals surface area contributed by atoms with Crippen LogP contribution in [0.4, 0.5) is 0 Å². The van der Waals surface area contributed by atoms with Gasteiger partial charge in [0, 0.05) is 5.56 Å². The summed E-state index contributed by atoms with van der Waals surface area (Å²) in [4.78, 5) is 12.0. The van der Waals surface area contributed by atoms with Gasteiger partial charge in [0.05, 0.1) is 22.8 Å². The Bertz CT molecular complexity index is 476. The molecule has 0 saturated heterocycles. The Morgan fingerprint density at radius 3 is 2.11 bits per heavy atom. The van der Waals surface area contributed by atoms with Gasteiger partial charge in [0.15, 0.2) is 0 Å². The van der Waals surface area contributed by atoms with E-state index in [0.717, 1.165) is 0 Å². The molecule has 1 aromatic rings. The smallest absolute Gasteiger partial charge is 0.251 e. The number of carbonyl (C=O) groups excluding carboxylic acids is 1. The van der Waals surface area contributed by atoms with Crippen molar-refractivity contribution in [3.8, 4) is 6.07 Å². The van der Waals surface area contributed by atoms with Crippen molar-refractivity contribution in [3.05, 3.63) is 35.4 Å². The van der Waals surface area contributed by atoms with E-state index in [0.29, 0.717) is 11.1 Å². The summed E-state index contributed by atoms with van der Waals surface area (Å²) in [5.74, 6) is -0.272. The van der Waals surface area contributed by atoms with Crippen LogP contribution in [0.3, 0.4) is 0 Å². The van der Waals surface area contributed by atoms with Crippen molar-refractivity contribution in [2.24, 2.45) is 0 Å². The molecule has 0 aliphatic carbocycles. The molecule has 0 aliphatic heterocycles. The molecule has 2 N–H and O–H groups in total. The van der Waals surface area contributed by atoms with Crippen molar-refractivity contribution in [1.82, 2.24) is 5.32 Å². The number of amides is 1. The van der Waals surface area contributed by atoms with Crippen LogP contribution in [0.25, 0.3) is 0 Å². The lowest BCUT2D eigenvalue weighted by molar-refractivity contribution is -0.00292. The fourth-order valence-electron chi connectivity index (χ4n) is 1.21. The highest BCUT2D eigenvalue weighted by molar-refractivity contribution is 5.94. The van der Waals surface area contributed by atoms with Gasteiger partial charge in [0.25, 0.3) is 5.91 Å². The van der Waals surface area contributed by atoms with Gasteiger partial charge < -0.3 is 10.4 Å². The van der Waals surface area contributed by atoms with Gasteiger partial charge in [0.2, 0.25) is 0 Å². The number of rotatable bonds is 3. The van der Waals surface area contributed by atoms with Crippen molar-refractivity contribution >= 4 is 5.91 Å². The van der Waals surface area contributed by atoms with Crippen LogP contribution < -0.4 is 5.32 Å². The molecule has 4 heteroatoms. The molecule has 0 radical (unpaired) electrons. The zero-order chi connectivity index (χ0) is 14.0. The van der Waals surface area contributed by atoms with Gasteiger partial charge in [-0.15, -0.1) is 0 Å². The van der Waals surface area contributed by atoms with Gasteiger partial charge in [-0.25, -0.2) is 0 Å². The molecule has 0 aromatic heterocycles. The third-order valence-corrected chi connectivity index (χ3v) is 3.23. The maximum atomic E-state index is 12.0. The Labute approximate surface area is 107 Å². The molecule has 18 heavy (non-hydrogen) atoms. The lowest BCUT2D eigenvalue weighted by atomic mass is 9.85. The highest BCUT2D eigenvalue weighted by atomic mass is 16.3. The number of hydrogen-bond donors (Lipinski definition) is 2. The third kappa shape index (κ3) is 3.08. The van der Waals surface area contributed by atoms with Gasteiger partial charge >= 0.3 is 0 Å². The summed E-state index contributed by atoms with van der Waals surface area (Å²) >= 11 is 0. The summed E-state index contributed by atoms with van der Waals surface area (Å²) in [5, 5.41) is 21.4. The molecule has 4 nitrogen and oxygen atoms in total. The molecule has 0 atom stereocenters. The first-order chi connectivity index (χ1) is 8.17. The number of carbonyl (C=O) groups is 1. The van der Waals surface area contributed by atoms with E-state index in [1.807, 2.05) is 6.07 Å². The molecule has 0 heterocycles. The quantitative estimate of drug-likeness (QED) is 0.854. The zero-order valence-electron chi connectivity index (χ0n) is 11.1. The third-order valence-electron chi connectivity index (χ3n) is 3.23. The van der Waals surface area contributed by atoms with Crippen LogP contribution in [0, 0.1) is 11.3 Å². The largest absolute Gasteiger partial charge is 0.388 e. The molecule has 96 valence electrons. The average molecular weight is 246 g/mol. The molecule has 0 unspecified atom stereocenters. The van der Waals surface area contributed by atoms with Gasteiger partial charge in [-0.05, 0) is 52.0 Å². The van der Waals surface area contributed by atoms with Gasteiger partial charge in [0.1, 0.15) is 0 Å². The van der Waals surface area contributed by atoms with E-state index in [1.165, 1.54) is 0 Å². The van der Waals surface area contributed by atoms with Gasteiger partial charge in [-0.1, -0.05) is 0 Å². The minimum absolute atomic E-state index is 0.272. The second kappa shape index (κ2) is 4.79. The maximum Gasteiger partial charge on any atom is 0.251 e. The number of aliphatic hydroxyl groups is 1. The molecule has 1 aromatic carbocycles. The highest BCUT2D eigenvalue weighted by Gasteiger charge is 2.36. The minimum atomic E-state index is -1.03. The topological polar surface area (TPSA) is 73.1 Å². The van der Waals surface area contributed by atoms with E-state index in [9.17, 15) is 9.90 Å². The van der Waals surface area contributed by atoms with Crippen molar-refractivity contribution < 1.29 is 9.90 Å². The number of benzene rings is 1. The predicted octanol–water partition coefficient (Wildman–Crippen LogP) is 1.84. The van der Waals surface area contributed by atoms with E-state index >= 15 is 0 Å². The van der Waals surface area contributed by atoms with E-state index in [2.05, 4.69) is 5.32 Å². The predicted molar refractivity (Wildman–Crippen MR) is 69.0 cm³/mol. The molecule has 1 amide bonds. The Hall–Kier alpha value is -1.86. The summed E-state index contributed by atoms with van der Waals surface area (Å²) in [5.41, 5.74) is -0.813. The van der Waals surface area contributed by atoms with Crippen LogP contribution in [0.15, 0.2) is 24.3 Å². The molecule has 1 rings (SSSR count). The Morgan fingerprint density at radius 2 is 1.72 bits per heavy atom. The van der Waals surface area contributed by atoms with Gasteiger partial charge in [-0.2, -0.15) is 5.26 Å². The molecular formula is C14H18N2O2. The molecule has 0 fully saturated rings. The monoisotopic (exact) mass is 246 g/mol. The first kappa shape index (κ1) is 14.2. The summed E-state index contributed by atoms with van der Waals surface area (Å²) < 4.78 is 0. The van der Waals surface area contributed by atoms with Crippen molar-refractivity contribution in [2.45, 2.75) is 38.8 Å². The van der Waals surface area contributed by atoms with Crippen molar-refractivity contribution in [1.29, 1.82) is 5.26 Å². The fraction of sp³-hybridized carbons (Fsp3) is 0.429. The first-order valence-corrected chi connectivity index (χ1v) is 5.72. The summed E-state index contributed by atoms with van der Waals surface area (Å²) in [6, 6.07) is 8.36. The molecule has 0 aliphatic rings. The Kier molecular flexibility index (Phi) is 3.78. The number of hydrogen-bond acceptors (Lipinski definition) is 3. The van der Waals surface area contributed by atoms with Crippen LogP contribution in [-0.2, 0) is 0 Å². The van der Waals surface area contributed by atoms with Crippen LogP contribution in [0.1, 0.15) is 43.6 Å². The molecule has 0 bridgehead atoms. The fourth-order valence-corrected chi connectivity index (χ4v) is 1.21. The lowest BCUT2D eigenvalue weighted by Gasteiger charge is -2.38. The molecule has 0 saturated carbocycles. The highest BCUT2D eigenvalue weighted by Crippen LogP contribution is 2.21. The lowest BCUT2D eigenvalue weighted by Crippen LogP contribution is -2.57. The summed E-state index contributed by atoms with van der Waals surface area (Å²) in [6.07, 6.45) is 0. The Balaban J connectivity index is 2.86. The summed E-state index contributed by atoms with van der Waals surface area (Å²) in [6.45, 7) is 6.81. The molecular weight excluding hydrogens is 228 g/mol. The number of nitrogens with zero attached hydrogens (tertiary/aromatic N) is 1. The zero-order valence-corrected chi connectivity index (χ0v) is 11.1. The van der Waals surface area contributed by atoms with Crippen LogP contribution >= 0.6 is 0 Å². The summed E-state index contributed by atoms with van der Waals surface area (Å²) in [7, 11) is 0. The average Bonchev–Trinajstić information content (AvgIpc) is 2.27. The van der Waals surface area contributed by atoms with E-state index in [-0.39, 0.29) is 5.91 Å². The number of nitriles is 1. The van der Waals surface area contributed by atoms with Crippen molar-refractivity contribution in [3.63, 3.8) is 0 Å².